The average Bonchev–Trinajstić information content (AvgIpc) is 3.28. The van der Waals surface area contributed by atoms with Gasteiger partial charge in [0, 0.05) is 26.2 Å². The number of ether oxygens (including phenoxy) is 4. The highest BCUT2D eigenvalue weighted by Gasteiger charge is 2.48. The van der Waals surface area contributed by atoms with Crippen LogP contribution in [0.4, 0.5) is 9.59 Å². The molecule has 3 heterocycles. The van der Waals surface area contributed by atoms with Gasteiger partial charge < -0.3 is 28.7 Å². The number of thioether (sulfide) groups is 2. The van der Waals surface area contributed by atoms with Crippen molar-refractivity contribution in [1.29, 1.82) is 0 Å². The second-order valence-corrected chi connectivity index (χ2v) is 13.9. The fraction of sp³-hybridized carbons (Fsp3) is 0.484. The van der Waals surface area contributed by atoms with Crippen LogP contribution in [0.25, 0.3) is 0 Å². The van der Waals surface area contributed by atoms with Gasteiger partial charge in [-0.15, -0.1) is 0 Å². The molecule has 2 aromatic carbocycles. The molecule has 5 rings (SSSR count). The summed E-state index contributed by atoms with van der Waals surface area (Å²) in [5.41, 5.74) is 0.510. The zero-order valence-corrected chi connectivity index (χ0v) is 26.5. The number of nitrogens with zero attached hydrogens (tertiary/aromatic N) is 2. The Hall–Kier alpha value is -3.38. The van der Waals surface area contributed by atoms with E-state index in [4.69, 9.17) is 18.9 Å². The lowest BCUT2D eigenvalue weighted by Crippen LogP contribution is -2.37. The summed E-state index contributed by atoms with van der Waals surface area (Å²) >= 11 is 2.31. The van der Waals surface area contributed by atoms with Gasteiger partial charge in [-0.25, -0.2) is 9.59 Å². The molecule has 0 aromatic heterocycles. The number of ketones is 2. The molecule has 2 fully saturated rings. The molecule has 0 spiro atoms. The number of hydrogen-bond donors (Lipinski definition) is 0. The zero-order chi connectivity index (χ0) is 30.7. The van der Waals surface area contributed by atoms with Crippen molar-refractivity contribution in [3.05, 3.63) is 35.4 Å². The predicted octanol–water partition coefficient (Wildman–Crippen LogP) is 6.67. The normalized spacial score (nSPS) is 20.0. The Morgan fingerprint density at radius 3 is 1.79 bits per heavy atom. The van der Waals surface area contributed by atoms with E-state index >= 15 is 0 Å². The summed E-state index contributed by atoms with van der Waals surface area (Å²) in [6.45, 7) is 5.58. The minimum atomic E-state index is -1.23. The molecule has 0 aliphatic carbocycles. The Morgan fingerprint density at radius 2 is 1.26 bits per heavy atom. The van der Waals surface area contributed by atoms with Crippen LogP contribution in [0.3, 0.4) is 0 Å². The molecule has 0 saturated carbocycles. The molecule has 12 heteroatoms. The zero-order valence-electron chi connectivity index (χ0n) is 24.9. The third-order valence-corrected chi connectivity index (χ3v) is 10.7. The second kappa shape index (κ2) is 13.1. The fourth-order valence-corrected chi connectivity index (χ4v) is 8.44. The number of methoxy groups -OCH3 is 2. The molecular formula is C31H36N2O8S2. The quantitative estimate of drug-likeness (QED) is 0.308. The summed E-state index contributed by atoms with van der Waals surface area (Å²) in [5.74, 6) is 0.502. The predicted molar refractivity (Wildman–Crippen MR) is 163 cm³/mol. The number of likely N-dealkylation sites (tertiary alicyclic amines) is 2. The number of piperidine rings is 2. The van der Waals surface area contributed by atoms with Crippen molar-refractivity contribution >= 4 is 47.3 Å². The van der Waals surface area contributed by atoms with Crippen LogP contribution in [-0.2, 0) is 0 Å². The molecule has 1 atom stereocenters. The first-order valence-corrected chi connectivity index (χ1v) is 16.1. The lowest BCUT2D eigenvalue weighted by Gasteiger charge is -2.28. The molecule has 0 bridgehead atoms. The highest BCUT2D eigenvalue weighted by molar-refractivity contribution is 8.20. The molecule has 2 saturated heterocycles. The van der Waals surface area contributed by atoms with Crippen molar-refractivity contribution in [2.45, 2.75) is 66.2 Å². The molecule has 2 amide bonds. The molecule has 1 unspecified atom stereocenters. The minimum Gasteiger partial charge on any atom is -0.496 e. The van der Waals surface area contributed by atoms with Gasteiger partial charge in [0.15, 0.2) is 11.6 Å². The topological polar surface area (TPSA) is 112 Å². The number of Topliss-reactive ketones (excluding diaryl/α,β-unsaturated/α-hetero) is 2. The van der Waals surface area contributed by atoms with Gasteiger partial charge in [-0.1, -0.05) is 23.5 Å². The highest BCUT2D eigenvalue weighted by Crippen LogP contribution is 2.60. The second-order valence-electron chi connectivity index (χ2n) is 10.8. The molecule has 3 aliphatic rings. The Bertz CT molecular complexity index is 1440. The van der Waals surface area contributed by atoms with E-state index in [0.29, 0.717) is 53.0 Å². The van der Waals surface area contributed by atoms with Crippen molar-refractivity contribution in [1.82, 2.24) is 9.80 Å². The Labute approximate surface area is 259 Å². The SMILES string of the molecule is COc1ccc(OC(=O)N2CCCCC2)c(SC2(C)Sc3c(OC(=O)N4CCCCC4)ccc(OC)c3C2=O)c1C(C)=O. The number of fused-ring (bicyclic) bond motifs is 1. The van der Waals surface area contributed by atoms with Gasteiger partial charge in [0.25, 0.3) is 0 Å². The summed E-state index contributed by atoms with van der Waals surface area (Å²) < 4.78 is 21.5. The summed E-state index contributed by atoms with van der Waals surface area (Å²) in [4.78, 5) is 57.4. The number of rotatable bonds is 7. The largest absolute Gasteiger partial charge is 0.496 e. The van der Waals surface area contributed by atoms with Crippen molar-refractivity contribution in [2.24, 2.45) is 0 Å². The van der Waals surface area contributed by atoms with Gasteiger partial charge in [-0.2, -0.15) is 0 Å². The number of hydrogen-bond acceptors (Lipinski definition) is 10. The Balaban J connectivity index is 1.50. The van der Waals surface area contributed by atoms with Gasteiger partial charge in [0.1, 0.15) is 27.1 Å². The van der Waals surface area contributed by atoms with Crippen molar-refractivity contribution in [3.8, 4) is 23.0 Å². The van der Waals surface area contributed by atoms with Crippen LogP contribution in [0.2, 0.25) is 0 Å². The van der Waals surface area contributed by atoms with Gasteiger partial charge in [0.2, 0.25) is 0 Å². The van der Waals surface area contributed by atoms with Gasteiger partial charge >= 0.3 is 12.2 Å². The maximum Gasteiger partial charge on any atom is 0.415 e. The molecule has 0 radical (unpaired) electrons. The molecule has 0 N–H and O–H groups in total. The third kappa shape index (κ3) is 6.31. The van der Waals surface area contributed by atoms with E-state index in [0.717, 1.165) is 50.3 Å². The number of carbonyl (C=O) groups is 4. The van der Waals surface area contributed by atoms with Crippen LogP contribution in [0.15, 0.2) is 34.1 Å². The molecular weight excluding hydrogens is 592 g/mol. The van der Waals surface area contributed by atoms with Crippen LogP contribution < -0.4 is 18.9 Å². The van der Waals surface area contributed by atoms with Gasteiger partial charge in [0.05, 0.1) is 35.1 Å². The first-order chi connectivity index (χ1) is 20.7. The lowest BCUT2D eigenvalue weighted by molar-refractivity contribution is 0.0978. The van der Waals surface area contributed by atoms with Crippen LogP contribution in [-0.4, -0.2) is 78.0 Å². The number of benzene rings is 2. The van der Waals surface area contributed by atoms with E-state index in [1.165, 1.54) is 32.9 Å². The number of amides is 2. The molecule has 3 aliphatic heterocycles. The van der Waals surface area contributed by atoms with Crippen LogP contribution in [0, 0.1) is 0 Å². The standard InChI is InChI=1S/C31H36N2O8S2/c1-19(34)24-20(38-3)11-13-22(40-29(36)32-15-7-5-8-16-32)26(24)42-31(2)28(35)25-21(39-4)12-14-23(27(25)43-31)41-30(37)33-17-9-6-10-18-33/h11-14H,5-10,15-18H2,1-4H3. The Kier molecular flexibility index (Phi) is 9.45. The summed E-state index contributed by atoms with van der Waals surface area (Å²) in [6, 6.07) is 6.42. The first-order valence-electron chi connectivity index (χ1n) is 14.5. The molecule has 43 heavy (non-hydrogen) atoms. The molecule has 10 nitrogen and oxygen atoms in total. The van der Waals surface area contributed by atoms with E-state index in [1.54, 1.807) is 41.0 Å². The Morgan fingerprint density at radius 1 is 0.767 bits per heavy atom. The minimum absolute atomic E-state index is 0.167. The van der Waals surface area contributed by atoms with Crippen LogP contribution in [0.5, 0.6) is 23.0 Å². The monoisotopic (exact) mass is 628 g/mol. The van der Waals surface area contributed by atoms with E-state index in [2.05, 4.69) is 0 Å². The van der Waals surface area contributed by atoms with Crippen LogP contribution >= 0.6 is 23.5 Å². The van der Waals surface area contributed by atoms with E-state index in [1.807, 2.05) is 0 Å². The van der Waals surface area contributed by atoms with Gasteiger partial charge in [-0.05, 0) is 76.6 Å². The smallest absolute Gasteiger partial charge is 0.415 e. The third-order valence-electron chi connectivity index (χ3n) is 7.81. The summed E-state index contributed by atoms with van der Waals surface area (Å²) in [7, 11) is 2.93. The first kappa shape index (κ1) is 31.1. The maximum absolute atomic E-state index is 14.2. The molecule has 2 aromatic rings. The lowest BCUT2D eigenvalue weighted by atomic mass is 10.1. The van der Waals surface area contributed by atoms with E-state index in [-0.39, 0.29) is 28.6 Å². The van der Waals surface area contributed by atoms with Crippen molar-refractivity contribution < 1.29 is 38.1 Å². The van der Waals surface area contributed by atoms with Crippen LogP contribution in [0.1, 0.15) is 73.1 Å². The van der Waals surface area contributed by atoms with E-state index in [9.17, 15) is 19.2 Å². The molecule has 230 valence electrons. The maximum atomic E-state index is 14.2. The van der Waals surface area contributed by atoms with Gasteiger partial charge in [-0.3, -0.25) is 9.59 Å². The average molecular weight is 629 g/mol. The van der Waals surface area contributed by atoms with Crippen molar-refractivity contribution in [3.63, 3.8) is 0 Å². The van der Waals surface area contributed by atoms with Crippen molar-refractivity contribution in [2.75, 3.05) is 40.4 Å². The fourth-order valence-electron chi connectivity index (χ4n) is 5.54. The van der Waals surface area contributed by atoms with E-state index < -0.39 is 16.3 Å². The summed E-state index contributed by atoms with van der Waals surface area (Å²) in [6.07, 6.45) is 4.79. The highest BCUT2D eigenvalue weighted by atomic mass is 32.2. The summed E-state index contributed by atoms with van der Waals surface area (Å²) in [5, 5.41) is 0. The number of carbonyl (C=O) groups excluding carboxylic acids is 4.